The van der Waals surface area contributed by atoms with Gasteiger partial charge in [0.2, 0.25) is 0 Å². The second-order valence-corrected chi connectivity index (χ2v) is 4.32. The molecule has 0 atom stereocenters. The summed E-state index contributed by atoms with van der Waals surface area (Å²) in [5.74, 6) is -0.761. The zero-order chi connectivity index (χ0) is 13.9. The summed E-state index contributed by atoms with van der Waals surface area (Å²) < 4.78 is 12.9. The van der Waals surface area contributed by atoms with Crippen LogP contribution >= 0.6 is 0 Å². The van der Waals surface area contributed by atoms with Crippen LogP contribution in [0.4, 0.5) is 4.39 Å². The summed E-state index contributed by atoms with van der Waals surface area (Å²) in [6.45, 7) is 0. The Morgan fingerprint density at radius 1 is 0.850 bits per heavy atom. The number of nitrogens with zero attached hydrogens (tertiary/aromatic N) is 2. The summed E-state index contributed by atoms with van der Waals surface area (Å²) in [6, 6.07) is 15.2. The van der Waals surface area contributed by atoms with Gasteiger partial charge in [0, 0.05) is 5.56 Å². The number of allylic oxidation sites excluding steroid dienone is 1. The number of rotatable bonds is 2. The number of halogens is 1. The minimum Gasteiger partial charge on any atom is -0.265 e. The smallest absolute Gasteiger partial charge is 0.265 e. The SMILES string of the molecule is O=C1[N]N=C(c2ccccc2)C=C1c1ccc(F)cc1. The first kappa shape index (κ1) is 12.3. The van der Waals surface area contributed by atoms with Crippen molar-refractivity contribution in [3.63, 3.8) is 0 Å². The first-order valence-corrected chi connectivity index (χ1v) is 6.10. The standard InChI is InChI=1S/C16H10FN2O/c17-13-8-6-11(7-9-13)14-10-15(18-19-16(14)20)12-4-2-1-3-5-12/h1-10H. The lowest BCUT2D eigenvalue weighted by Gasteiger charge is -2.11. The molecule has 0 saturated heterocycles. The summed E-state index contributed by atoms with van der Waals surface area (Å²) >= 11 is 0. The molecular formula is C16H10FN2O. The van der Waals surface area contributed by atoms with E-state index in [1.165, 1.54) is 12.1 Å². The van der Waals surface area contributed by atoms with Crippen LogP contribution in [0.25, 0.3) is 5.57 Å². The lowest BCUT2D eigenvalue weighted by atomic mass is 10.00. The van der Waals surface area contributed by atoms with Crippen LogP contribution in [-0.2, 0) is 4.79 Å². The average Bonchev–Trinajstić information content (AvgIpc) is 2.50. The monoisotopic (exact) mass is 265 g/mol. The highest BCUT2D eigenvalue weighted by Crippen LogP contribution is 2.20. The molecule has 0 fully saturated rings. The van der Waals surface area contributed by atoms with Gasteiger partial charge in [-0.3, -0.25) is 4.79 Å². The Kier molecular flexibility index (Phi) is 3.13. The molecular weight excluding hydrogens is 255 g/mol. The molecule has 0 spiro atoms. The molecule has 1 aliphatic rings. The average molecular weight is 265 g/mol. The minimum absolute atomic E-state index is 0.341. The van der Waals surface area contributed by atoms with Gasteiger partial charge in [0.25, 0.3) is 5.91 Å². The van der Waals surface area contributed by atoms with E-state index in [-0.39, 0.29) is 5.82 Å². The molecule has 1 heterocycles. The maximum atomic E-state index is 12.9. The van der Waals surface area contributed by atoms with Crippen LogP contribution in [0.2, 0.25) is 0 Å². The molecule has 0 saturated carbocycles. The van der Waals surface area contributed by atoms with Crippen molar-refractivity contribution >= 4 is 17.2 Å². The van der Waals surface area contributed by atoms with Gasteiger partial charge < -0.3 is 0 Å². The second kappa shape index (κ2) is 5.09. The lowest BCUT2D eigenvalue weighted by molar-refractivity contribution is -0.115. The molecule has 1 radical (unpaired) electrons. The van der Waals surface area contributed by atoms with Crippen LogP contribution in [0.15, 0.2) is 65.8 Å². The lowest BCUT2D eigenvalue weighted by Crippen LogP contribution is -2.20. The molecule has 0 unspecified atom stereocenters. The van der Waals surface area contributed by atoms with Crippen molar-refractivity contribution in [1.29, 1.82) is 0 Å². The van der Waals surface area contributed by atoms with Crippen molar-refractivity contribution < 1.29 is 9.18 Å². The van der Waals surface area contributed by atoms with E-state index in [0.717, 1.165) is 5.56 Å². The van der Waals surface area contributed by atoms with Gasteiger partial charge in [0.1, 0.15) is 5.82 Å². The molecule has 1 amide bonds. The van der Waals surface area contributed by atoms with Gasteiger partial charge in [0.15, 0.2) is 0 Å². The molecule has 3 rings (SSSR count). The molecule has 1 aliphatic heterocycles. The number of amides is 1. The van der Waals surface area contributed by atoms with Gasteiger partial charge in [-0.15, -0.1) is 10.5 Å². The van der Waals surface area contributed by atoms with E-state index in [1.54, 1.807) is 18.2 Å². The first-order chi connectivity index (χ1) is 9.74. The van der Waals surface area contributed by atoms with Gasteiger partial charge in [-0.05, 0) is 23.8 Å². The highest BCUT2D eigenvalue weighted by atomic mass is 19.1. The summed E-state index contributed by atoms with van der Waals surface area (Å²) in [4.78, 5) is 11.8. The Balaban J connectivity index is 2.01. The molecule has 4 heteroatoms. The van der Waals surface area contributed by atoms with Crippen molar-refractivity contribution in [2.24, 2.45) is 5.10 Å². The predicted molar refractivity (Wildman–Crippen MR) is 74.5 cm³/mol. The third-order valence-corrected chi connectivity index (χ3v) is 2.98. The number of hydrogen-bond acceptors (Lipinski definition) is 2. The third-order valence-electron chi connectivity index (χ3n) is 2.98. The van der Waals surface area contributed by atoms with Gasteiger partial charge in [-0.2, -0.15) is 0 Å². The van der Waals surface area contributed by atoms with Crippen LogP contribution in [0.1, 0.15) is 11.1 Å². The fourth-order valence-corrected chi connectivity index (χ4v) is 1.97. The Morgan fingerprint density at radius 2 is 1.55 bits per heavy atom. The maximum Gasteiger partial charge on any atom is 0.296 e. The topological polar surface area (TPSA) is 43.5 Å². The van der Waals surface area contributed by atoms with Crippen molar-refractivity contribution in [2.75, 3.05) is 0 Å². The number of benzene rings is 2. The van der Waals surface area contributed by atoms with Crippen LogP contribution in [-0.4, -0.2) is 11.6 Å². The van der Waals surface area contributed by atoms with E-state index in [4.69, 9.17) is 0 Å². The van der Waals surface area contributed by atoms with E-state index in [9.17, 15) is 9.18 Å². The number of carbonyl (C=O) groups excluding carboxylic acids is 1. The summed E-state index contributed by atoms with van der Waals surface area (Å²) in [6.07, 6.45) is 1.68. The quantitative estimate of drug-likeness (QED) is 0.823. The van der Waals surface area contributed by atoms with Crippen LogP contribution < -0.4 is 5.43 Å². The third kappa shape index (κ3) is 2.36. The zero-order valence-corrected chi connectivity index (χ0v) is 10.5. The van der Waals surface area contributed by atoms with E-state index in [1.807, 2.05) is 30.3 Å². The maximum absolute atomic E-state index is 12.9. The van der Waals surface area contributed by atoms with Gasteiger partial charge in [0.05, 0.1) is 11.3 Å². The van der Waals surface area contributed by atoms with Crippen molar-refractivity contribution in [2.45, 2.75) is 0 Å². The van der Waals surface area contributed by atoms with Crippen molar-refractivity contribution in [3.05, 3.63) is 77.6 Å². The van der Waals surface area contributed by atoms with Crippen molar-refractivity contribution in [3.8, 4) is 0 Å². The molecule has 2 aromatic rings. The Labute approximate surface area is 115 Å². The zero-order valence-electron chi connectivity index (χ0n) is 10.5. The highest BCUT2D eigenvalue weighted by Gasteiger charge is 2.19. The van der Waals surface area contributed by atoms with Crippen molar-refractivity contribution in [1.82, 2.24) is 5.43 Å². The predicted octanol–water partition coefficient (Wildman–Crippen LogP) is 2.76. The normalized spacial score (nSPS) is 14.3. The van der Waals surface area contributed by atoms with Gasteiger partial charge in [-0.1, -0.05) is 42.5 Å². The van der Waals surface area contributed by atoms with Gasteiger partial charge in [-0.25, -0.2) is 4.39 Å². The highest BCUT2D eigenvalue weighted by molar-refractivity contribution is 6.29. The Morgan fingerprint density at radius 3 is 2.25 bits per heavy atom. The van der Waals surface area contributed by atoms with E-state index < -0.39 is 5.91 Å². The Hall–Kier alpha value is -2.75. The van der Waals surface area contributed by atoms with Gasteiger partial charge >= 0.3 is 0 Å². The van der Waals surface area contributed by atoms with Crippen LogP contribution in [0, 0.1) is 5.82 Å². The van der Waals surface area contributed by atoms with Crippen LogP contribution in [0.3, 0.4) is 0 Å². The molecule has 0 bridgehead atoms. The largest absolute Gasteiger partial charge is 0.296 e. The molecule has 2 aromatic carbocycles. The molecule has 20 heavy (non-hydrogen) atoms. The van der Waals surface area contributed by atoms with E-state index in [0.29, 0.717) is 16.8 Å². The fourth-order valence-electron chi connectivity index (χ4n) is 1.97. The van der Waals surface area contributed by atoms with Crippen LogP contribution in [0.5, 0.6) is 0 Å². The molecule has 0 aromatic heterocycles. The summed E-state index contributed by atoms with van der Waals surface area (Å²) in [5, 5.41) is 3.92. The van der Waals surface area contributed by atoms with E-state index in [2.05, 4.69) is 10.5 Å². The molecule has 0 N–H and O–H groups in total. The summed E-state index contributed by atoms with van der Waals surface area (Å²) in [7, 11) is 0. The number of hydrogen-bond donors (Lipinski definition) is 0. The second-order valence-electron chi connectivity index (χ2n) is 4.32. The molecule has 3 nitrogen and oxygen atoms in total. The number of carbonyl (C=O) groups is 1. The Bertz CT molecular complexity index is 703. The minimum atomic E-state index is -0.420. The molecule has 97 valence electrons. The fraction of sp³-hybridized carbons (Fsp3) is 0. The molecule has 0 aliphatic carbocycles. The first-order valence-electron chi connectivity index (χ1n) is 6.10. The van der Waals surface area contributed by atoms with E-state index >= 15 is 0 Å². The summed E-state index contributed by atoms with van der Waals surface area (Å²) in [5.41, 5.74) is 6.19.